The first-order valence-corrected chi connectivity index (χ1v) is 9.80. The largest absolute Gasteiger partial charge is 0.487 e. The topological polar surface area (TPSA) is 73.3 Å². The highest BCUT2D eigenvalue weighted by Crippen LogP contribution is 2.44. The van der Waals surface area contributed by atoms with E-state index in [1.54, 1.807) is 6.92 Å². The predicted molar refractivity (Wildman–Crippen MR) is 101 cm³/mol. The van der Waals surface area contributed by atoms with Crippen LogP contribution in [0, 0.1) is 12.7 Å². The Kier molecular flexibility index (Phi) is 5.76. The number of fused-ring (bicyclic) bond motifs is 1. The number of hydrogen-bond donors (Lipinski definition) is 1. The van der Waals surface area contributed by atoms with Crippen molar-refractivity contribution in [3.63, 3.8) is 0 Å². The third-order valence-corrected chi connectivity index (χ3v) is 5.68. The van der Waals surface area contributed by atoms with Crippen LogP contribution in [0.1, 0.15) is 54.8 Å². The van der Waals surface area contributed by atoms with Gasteiger partial charge in [-0.3, -0.25) is 14.3 Å². The Hall–Kier alpha value is -2.06. The third kappa shape index (κ3) is 3.68. The molecule has 2 atom stereocenters. The average Bonchev–Trinajstić information content (AvgIpc) is 3.00. The van der Waals surface area contributed by atoms with Gasteiger partial charge >= 0.3 is 0 Å². The molecule has 0 radical (unpaired) electrons. The lowest BCUT2D eigenvalue weighted by atomic mass is 9.95. The molecule has 8 heteroatoms. The molecule has 0 aliphatic carbocycles. The fraction of sp³-hybridized carbons (Fsp3) is 0.474. The van der Waals surface area contributed by atoms with Crippen molar-refractivity contribution in [1.29, 1.82) is 0 Å². The zero-order chi connectivity index (χ0) is 19.7. The summed E-state index contributed by atoms with van der Waals surface area (Å²) < 4.78 is 27.5. The molecule has 146 valence electrons. The minimum absolute atomic E-state index is 0.0469. The van der Waals surface area contributed by atoms with Crippen LogP contribution in [0.4, 0.5) is 4.39 Å². The highest BCUT2D eigenvalue weighted by atomic mass is 32.2. The van der Waals surface area contributed by atoms with E-state index in [-0.39, 0.29) is 29.1 Å². The predicted octanol–water partition coefficient (Wildman–Crippen LogP) is 3.82. The summed E-state index contributed by atoms with van der Waals surface area (Å²) in [4.78, 5) is 25.2. The van der Waals surface area contributed by atoms with Crippen LogP contribution < -0.4 is 10.3 Å². The lowest BCUT2D eigenvalue weighted by Gasteiger charge is -2.32. The van der Waals surface area contributed by atoms with Gasteiger partial charge in [0.1, 0.15) is 5.56 Å². The second-order valence-corrected chi connectivity index (χ2v) is 7.47. The second kappa shape index (κ2) is 7.90. The highest BCUT2D eigenvalue weighted by molar-refractivity contribution is 8.14. The Labute approximate surface area is 161 Å². The van der Waals surface area contributed by atoms with Crippen LogP contribution in [-0.2, 0) is 11.3 Å². The molecule has 2 aromatic rings. The number of hydrogen-bond acceptors (Lipinski definition) is 5. The normalized spacial score (nSPS) is 18.9. The summed E-state index contributed by atoms with van der Waals surface area (Å²) in [5.74, 6) is -0.335. The van der Waals surface area contributed by atoms with Crippen molar-refractivity contribution in [2.75, 3.05) is 6.61 Å². The molecule has 1 aliphatic rings. The minimum atomic E-state index is -0.526. The van der Waals surface area contributed by atoms with E-state index in [9.17, 15) is 14.0 Å². The number of carbonyl (C=O) groups excluding carboxylic acids is 1. The first kappa shape index (κ1) is 19.7. The summed E-state index contributed by atoms with van der Waals surface area (Å²) in [6.45, 7) is 8.32. The Morgan fingerprint density at radius 3 is 2.85 bits per heavy atom. The number of ether oxygens (including phenoxy) is 2. The molecular formula is C19H23FN2O4S. The van der Waals surface area contributed by atoms with E-state index in [4.69, 9.17) is 9.47 Å². The molecule has 1 aromatic carbocycles. The fourth-order valence-electron chi connectivity index (χ4n) is 3.30. The monoisotopic (exact) mass is 394 g/mol. The molecule has 0 fully saturated rings. The second-order valence-electron chi connectivity index (χ2n) is 6.46. The van der Waals surface area contributed by atoms with Gasteiger partial charge in [-0.15, -0.1) is 0 Å². The number of halogens is 1. The van der Waals surface area contributed by atoms with Gasteiger partial charge in [-0.1, -0.05) is 0 Å². The Balaban J connectivity index is 1.98. The van der Waals surface area contributed by atoms with Crippen LogP contribution in [0.5, 0.6) is 5.75 Å². The zero-order valence-electron chi connectivity index (χ0n) is 15.8. The van der Waals surface area contributed by atoms with Crippen molar-refractivity contribution in [3.05, 3.63) is 45.1 Å². The van der Waals surface area contributed by atoms with Gasteiger partial charge in [0, 0.05) is 36.2 Å². The van der Waals surface area contributed by atoms with Crippen molar-refractivity contribution >= 4 is 16.9 Å². The minimum Gasteiger partial charge on any atom is -0.487 e. The van der Waals surface area contributed by atoms with E-state index < -0.39 is 10.9 Å². The lowest BCUT2D eigenvalue weighted by Crippen LogP contribution is -2.26. The maximum Gasteiger partial charge on any atom is 0.278 e. The van der Waals surface area contributed by atoms with E-state index in [0.29, 0.717) is 30.0 Å². The van der Waals surface area contributed by atoms with Gasteiger partial charge in [0.25, 0.3) is 5.56 Å². The third-order valence-electron chi connectivity index (χ3n) is 4.63. The number of thioether (sulfide) groups is 1. The molecule has 3 rings (SSSR count). The number of nitrogens with zero attached hydrogens (tertiary/aromatic N) is 1. The lowest BCUT2D eigenvalue weighted by molar-refractivity contribution is 0.00855. The summed E-state index contributed by atoms with van der Waals surface area (Å²) in [6, 6.07) is 1.29. The maximum absolute atomic E-state index is 14.7. The van der Waals surface area contributed by atoms with E-state index in [1.807, 2.05) is 20.8 Å². The Morgan fingerprint density at radius 2 is 2.22 bits per heavy atom. The molecule has 1 aliphatic heterocycles. The molecule has 0 spiro atoms. The summed E-state index contributed by atoms with van der Waals surface area (Å²) in [6.07, 6.45) is 1.56. The van der Waals surface area contributed by atoms with Gasteiger partial charge in [-0.2, -0.15) is 0 Å². The van der Waals surface area contributed by atoms with Gasteiger partial charge in [-0.25, -0.2) is 4.39 Å². The summed E-state index contributed by atoms with van der Waals surface area (Å²) in [5.41, 5.74) is 1.05. The molecular weight excluding hydrogens is 371 g/mol. The van der Waals surface area contributed by atoms with Gasteiger partial charge in [-0.05, 0) is 51.1 Å². The van der Waals surface area contributed by atoms with Crippen LogP contribution in [0.15, 0.2) is 22.0 Å². The molecule has 2 heterocycles. The SMILES string of the molecule is CCOC1CC(C)Oc2c(F)cc(SC(=O)c3c[nH]n(CC)c3=O)c(C)c21. The number of nitrogens with one attached hydrogen (secondary N) is 1. The first-order chi connectivity index (χ1) is 12.9. The molecule has 1 aromatic heterocycles. The van der Waals surface area contributed by atoms with Crippen molar-refractivity contribution in [2.45, 2.75) is 57.8 Å². The van der Waals surface area contributed by atoms with Crippen LogP contribution in [-0.4, -0.2) is 27.6 Å². The molecule has 1 N–H and O–H groups in total. The number of aromatic nitrogens is 2. The van der Waals surface area contributed by atoms with Gasteiger partial charge in [0.15, 0.2) is 11.6 Å². The molecule has 2 unspecified atom stereocenters. The van der Waals surface area contributed by atoms with E-state index in [2.05, 4.69) is 5.10 Å². The molecule has 6 nitrogen and oxygen atoms in total. The van der Waals surface area contributed by atoms with Crippen LogP contribution in [0.3, 0.4) is 0 Å². The number of aromatic amines is 1. The summed E-state index contributed by atoms with van der Waals surface area (Å²) in [5, 5.41) is 2.32. The number of aryl methyl sites for hydroxylation is 1. The first-order valence-electron chi connectivity index (χ1n) is 8.98. The molecule has 27 heavy (non-hydrogen) atoms. The smallest absolute Gasteiger partial charge is 0.278 e. The molecule has 0 saturated carbocycles. The highest BCUT2D eigenvalue weighted by Gasteiger charge is 2.32. The fourth-order valence-corrected chi connectivity index (χ4v) is 4.18. The van der Waals surface area contributed by atoms with Crippen molar-refractivity contribution in [1.82, 2.24) is 9.78 Å². The Bertz CT molecular complexity index is 921. The van der Waals surface area contributed by atoms with Crippen molar-refractivity contribution < 1.29 is 18.7 Å². The standard InChI is InChI=1S/C19H23FN2O4S/c1-5-22-18(23)12(9-21-22)19(24)27-15-8-13(20)17-16(11(15)4)14(25-6-2)7-10(3)26-17/h8-10,14,21H,5-7H2,1-4H3. The average molecular weight is 394 g/mol. The van der Waals surface area contributed by atoms with Crippen LogP contribution in [0.2, 0.25) is 0 Å². The van der Waals surface area contributed by atoms with Gasteiger partial charge in [0.05, 0.1) is 12.2 Å². The van der Waals surface area contributed by atoms with Gasteiger partial charge < -0.3 is 14.6 Å². The summed E-state index contributed by atoms with van der Waals surface area (Å²) in [7, 11) is 0. The van der Waals surface area contributed by atoms with Gasteiger partial charge in [0.2, 0.25) is 5.12 Å². The molecule has 0 saturated heterocycles. The van der Waals surface area contributed by atoms with E-state index in [1.165, 1.54) is 16.9 Å². The number of benzene rings is 1. The number of rotatable bonds is 5. The quantitative estimate of drug-likeness (QED) is 0.781. The number of H-pyrrole nitrogens is 1. The summed E-state index contributed by atoms with van der Waals surface area (Å²) >= 11 is 0.846. The van der Waals surface area contributed by atoms with Crippen LogP contribution in [0.25, 0.3) is 0 Å². The number of carbonyl (C=O) groups is 1. The Morgan fingerprint density at radius 1 is 1.48 bits per heavy atom. The van der Waals surface area contributed by atoms with E-state index in [0.717, 1.165) is 17.3 Å². The van der Waals surface area contributed by atoms with Crippen molar-refractivity contribution in [2.24, 2.45) is 0 Å². The van der Waals surface area contributed by atoms with Crippen molar-refractivity contribution in [3.8, 4) is 5.75 Å². The molecule has 0 bridgehead atoms. The molecule has 0 amide bonds. The van der Waals surface area contributed by atoms with E-state index >= 15 is 0 Å². The van der Waals surface area contributed by atoms with Crippen LogP contribution >= 0.6 is 11.8 Å². The maximum atomic E-state index is 14.7. The zero-order valence-corrected chi connectivity index (χ0v) is 16.6.